The lowest BCUT2D eigenvalue weighted by Gasteiger charge is -2.32. The largest absolute Gasteiger partial charge is 0.356 e. The van der Waals surface area contributed by atoms with Crippen LogP contribution in [0.1, 0.15) is 49.5 Å². The standard InChI is InChI=1S/C23H29N5O3S/c1-23(2,3)17-7-5-16(6-8-17)22(29)26-19-15-21(28-20(25-19)9-12-24-28)27(4)18-10-13-32(30,31)14-11-18/h5-9,12,15,18H,10-11,13-14H2,1-4H3,(H,25,26,29). The molecule has 0 unspecified atom stereocenters. The van der Waals surface area contributed by atoms with Crippen molar-refractivity contribution in [2.75, 3.05) is 28.8 Å². The summed E-state index contributed by atoms with van der Waals surface area (Å²) in [5.41, 5.74) is 2.34. The zero-order valence-corrected chi connectivity index (χ0v) is 19.7. The number of carbonyl (C=O) groups excluding carboxylic acids is 1. The van der Waals surface area contributed by atoms with Gasteiger partial charge in [-0.15, -0.1) is 0 Å². The number of carbonyl (C=O) groups is 1. The molecule has 1 amide bonds. The van der Waals surface area contributed by atoms with E-state index in [0.29, 0.717) is 29.9 Å². The van der Waals surface area contributed by atoms with E-state index in [1.807, 2.05) is 36.2 Å². The van der Waals surface area contributed by atoms with Gasteiger partial charge < -0.3 is 10.2 Å². The van der Waals surface area contributed by atoms with Gasteiger partial charge in [-0.2, -0.15) is 9.61 Å². The molecule has 170 valence electrons. The van der Waals surface area contributed by atoms with Gasteiger partial charge in [-0.05, 0) is 36.0 Å². The highest BCUT2D eigenvalue weighted by atomic mass is 32.2. The fourth-order valence-corrected chi connectivity index (χ4v) is 5.44. The third-order valence-electron chi connectivity index (χ3n) is 6.03. The van der Waals surface area contributed by atoms with E-state index in [-0.39, 0.29) is 28.9 Å². The fraction of sp³-hybridized carbons (Fsp3) is 0.435. The number of benzene rings is 1. The van der Waals surface area contributed by atoms with E-state index < -0.39 is 9.84 Å². The lowest BCUT2D eigenvalue weighted by molar-refractivity contribution is 0.102. The molecule has 1 saturated heterocycles. The minimum Gasteiger partial charge on any atom is -0.356 e. The number of rotatable bonds is 4. The number of anilines is 2. The van der Waals surface area contributed by atoms with Crippen molar-refractivity contribution < 1.29 is 13.2 Å². The first-order chi connectivity index (χ1) is 15.0. The van der Waals surface area contributed by atoms with Gasteiger partial charge >= 0.3 is 0 Å². The van der Waals surface area contributed by atoms with Crippen molar-refractivity contribution >= 4 is 33.0 Å². The molecule has 1 aromatic carbocycles. The van der Waals surface area contributed by atoms with Gasteiger partial charge in [0.15, 0.2) is 5.65 Å². The number of amides is 1. The Morgan fingerprint density at radius 1 is 1.12 bits per heavy atom. The Hall–Kier alpha value is -2.94. The number of nitrogens with zero attached hydrogens (tertiary/aromatic N) is 4. The molecule has 0 radical (unpaired) electrons. The van der Waals surface area contributed by atoms with Crippen LogP contribution in [0.5, 0.6) is 0 Å². The summed E-state index contributed by atoms with van der Waals surface area (Å²) < 4.78 is 25.3. The molecule has 0 aliphatic carbocycles. The number of fused-ring (bicyclic) bond motifs is 1. The maximum Gasteiger partial charge on any atom is 0.256 e. The minimum absolute atomic E-state index is 0.0154. The van der Waals surface area contributed by atoms with E-state index in [4.69, 9.17) is 0 Å². The number of nitrogens with one attached hydrogen (secondary N) is 1. The van der Waals surface area contributed by atoms with E-state index in [2.05, 4.69) is 36.2 Å². The van der Waals surface area contributed by atoms with Crippen molar-refractivity contribution in [2.24, 2.45) is 0 Å². The van der Waals surface area contributed by atoms with Gasteiger partial charge in [-0.1, -0.05) is 32.9 Å². The van der Waals surface area contributed by atoms with Crippen molar-refractivity contribution in [2.45, 2.75) is 45.1 Å². The van der Waals surface area contributed by atoms with Gasteiger partial charge in [0, 0.05) is 30.8 Å². The molecule has 3 heterocycles. The predicted octanol–water partition coefficient (Wildman–Crippen LogP) is 3.29. The first kappa shape index (κ1) is 22.3. The molecule has 8 nitrogen and oxygen atoms in total. The van der Waals surface area contributed by atoms with Crippen LogP contribution in [0.25, 0.3) is 5.65 Å². The quantitative estimate of drug-likeness (QED) is 0.648. The summed E-state index contributed by atoms with van der Waals surface area (Å²) in [6.45, 7) is 6.39. The van der Waals surface area contributed by atoms with E-state index in [0.717, 1.165) is 11.4 Å². The molecule has 1 aliphatic heterocycles. The van der Waals surface area contributed by atoms with Crippen LogP contribution in [0.2, 0.25) is 0 Å². The molecule has 4 rings (SSSR count). The maximum absolute atomic E-state index is 12.8. The topological polar surface area (TPSA) is 96.7 Å². The van der Waals surface area contributed by atoms with Crippen LogP contribution < -0.4 is 10.2 Å². The van der Waals surface area contributed by atoms with Crippen molar-refractivity contribution in [1.29, 1.82) is 0 Å². The van der Waals surface area contributed by atoms with Crippen LogP contribution >= 0.6 is 0 Å². The highest BCUT2D eigenvalue weighted by Gasteiger charge is 2.28. The molecular formula is C23H29N5O3S. The number of hydrogen-bond acceptors (Lipinski definition) is 6. The lowest BCUT2D eigenvalue weighted by Crippen LogP contribution is -2.40. The van der Waals surface area contributed by atoms with Gasteiger partial charge in [-0.3, -0.25) is 4.79 Å². The van der Waals surface area contributed by atoms with Gasteiger partial charge in [0.25, 0.3) is 5.91 Å². The highest BCUT2D eigenvalue weighted by Crippen LogP contribution is 2.26. The predicted molar refractivity (Wildman–Crippen MR) is 126 cm³/mol. The van der Waals surface area contributed by atoms with E-state index >= 15 is 0 Å². The second-order valence-corrected chi connectivity index (χ2v) is 11.7. The molecule has 0 bridgehead atoms. The summed E-state index contributed by atoms with van der Waals surface area (Å²) in [4.78, 5) is 19.4. The van der Waals surface area contributed by atoms with Crippen molar-refractivity contribution in [3.05, 3.63) is 53.7 Å². The Morgan fingerprint density at radius 3 is 2.41 bits per heavy atom. The summed E-state index contributed by atoms with van der Waals surface area (Å²) in [7, 11) is -1.02. The third-order valence-corrected chi connectivity index (χ3v) is 7.74. The van der Waals surface area contributed by atoms with Gasteiger partial charge in [-0.25, -0.2) is 13.4 Å². The first-order valence-corrected chi connectivity index (χ1v) is 12.6. The van der Waals surface area contributed by atoms with E-state index in [1.165, 1.54) is 0 Å². The Morgan fingerprint density at radius 2 is 1.78 bits per heavy atom. The fourth-order valence-electron chi connectivity index (χ4n) is 3.97. The van der Waals surface area contributed by atoms with Crippen LogP contribution in [0.3, 0.4) is 0 Å². The minimum atomic E-state index is -2.95. The average Bonchev–Trinajstić information content (AvgIpc) is 3.21. The van der Waals surface area contributed by atoms with Crippen LogP contribution in [0.15, 0.2) is 42.6 Å². The second kappa shape index (κ2) is 8.20. The third kappa shape index (κ3) is 4.62. The molecule has 9 heteroatoms. The van der Waals surface area contributed by atoms with Crippen molar-refractivity contribution in [1.82, 2.24) is 14.6 Å². The molecular weight excluding hydrogens is 426 g/mol. The first-order valence-electron chi connectivity index (χ1n) is 10.7. The molecule has 2 aromatic heterocycles. The van der Waals surface area contributed by atoms with E-state index in [9.17, 15) is 13.2 Å². The van der Waals surface area contributed by atoms with Crippen LogP contribution in [0, 0.1) is 0 Å². The number of hydrogen-bond donors (Lipinski definition) is 1. The van der Waals surface area contributed by atoms with E-state index in [1.54, 1.807) is 22.8 Å². The molecule has 1 aliphatic rings. The van der Waals surface area contributed by atoms with Crippen LogP contribution in [-0.4, -0.2) is 53.5 Å². The van der Waals surface area contributed by atoms with Gasteiger partial charge in [0.05, 0.1) is 17.7 Å². The number of aromatic nitrogens is 3. The summed E-state index contributed by atoms with van der Waals surface area (Å²) in [6, 6.07) is 11.2. The monoisotopic (exact) mass is 455 g/mol. The second-order valence-electron chi connectivity index (χ2n) is 9.38. The SMILES string of the molecule is CN(c1cc(NC(=O)c2ccc(C(C)(C)C)cc2)nc2ccnn12)C1CCS(=O)(=O)CC1. The molecule has 32 heavy (non-hydrogen) atoms. The van der Waals surface area contributed by atoms with Crippen LogP contribution in [0.4, 0.5) is 11.6 Å². The molecule has 0 saturated carbocycles. The zero-order valence-electron chi connectivity index (χ0n) is 18.9. The smallest absolute Gasteiger partial charge is 0.256 e. The highest BCUT2D eigenvalue weighted by molar-refractivity contribution is 7.91. The lowest BCUT2D eigenvalue weighted by atomic mass is 9.87. The summed E-state index contributed by atoms with van der Waals surface area (Å²) in [6.07, 6.45) is 2.78. The zero-order chi connectivity index (χ0) is 23.1. The van der Waals surface area contributed by atoms with Gasteiger partial charge in [0.1, 0.15) is 21.5 Å². The number of sulfone groups is 1. The normalized spacial score (nSPS) is 16.8. The summed E-state index contributed by atoms with van der Waals surface area (Å²) >= 11 is 0. The Kier molecular flexibility index (Phi) is 5.70. The Bertz CT molecular complexity index is 1230. The molecule has 1 fully saturated rings. The average molecular weight is 456 g/mol. The van der Waals surface area contributed by atoms with Gasteiger partial charge in [0.2, 0.25) is 0 Å². The summed E-state index contributed by atoms with van der Waals surface area (Å²) in [5.74, 6) is 1.31. The molecule has 3 aromatic rings. The molecule has 0 atom stereocenters. The Labute approximate surface area is 188 Å². The van der Waals surface area contributed by atoms with Crippen LogP contribution in [-0.2, 0) is 15.3 Å². The summed E-state index contributed by atoms with van der Waals surface area (Å²) in [5, 5.41) is 7.25. The van der Waals surface area contributed by atoms with Crippen molar-refractivity contribution in [3.63, 3.8) is 0 Å². The molecule has 0 spiro atoms. The molecule has 1 N–H and O–H groups in total. The Balaban J connectivity index is 1.58. The van der Waals surface area contributed by atoms with Crippen molar-refractivity contribution in [3.8, 4) is 0 Å². The maximum atomic E-state index is 12.8.